The topological polar surface area (TPSA) is 95.3 Å². The molecule has 2 heterocycles. The van der Waals surface area contributed by atoms with Crippen molar-refractivity contribution in [3.05, 3.63) is 36.4 Å². The molecule has 7 nitrogen and oxygen atoms in total. The Labute approximate surface area is 140 Å². The summed E-state index contributed by atoms with van der Waals surface area (Å²) in [7, 11) is 1.71. The second kappa shape index (κ2) is 6.90. The monoisotopic (exact) mass is 328 g/mol. The van der Waals surface area contributed by atoms with Crippen LogP contribution in [0.15, 0.2) is 24.4 Å². The van der Waals surface area contributed by atoms with Crippen LogP contribution in [-0.4, -0.2) is 58.1 Å². The molecule has 0 bridgehead atoms. The number of fused-ring (bicyclic) bond motifs is 1. The number of likely N-dealkylation sites (tertiary alicyclic amines) is 1. The van der Waals surface area contributed by atoms with Crippen LogP contribution in [0.25, 0.3) is 10.9 Å². The summed E-state index contributed by atoms with van der Waals surface area (Å²) in [6.45, 7) is 1.30. The van der Waals surface area contributed by atoms with Crippen LogP contribution in [0.3, 0.4) is 0 Å². The van der Waals surface area contributed by atoms with Gasteiger partial charge in [-0.25, -0.2) is 4.79 Å². The summed E-state index contributed by atoms with van der Waals surface area (Å²) in [6, 6.07) is 5.71. The van der Waals surface area contributed by atoms with Gasteiger partial charge in [-0.2, -0.15) is 5.10 Å². The molecule has 1 aromatic heterocycles. The van der Waals surface area contributed by atoms with Gasteiger partial charge in [0.1, 0.15) is 0 Å². The van der Waals surface area contributed by atoms with Crippen molar-refractivity contribution >= 4 is 22.8 Å². The third kappa shape index (κ3) is 3.50. The van der Waals surface area contributed by atoms with E-state index < -0.39 is 6.03 Å². The van der Waals surface area contributed by atoms with E-state index in [1.807, 2.05) is 23.1 Å². The summed E-state index contributed by atoms with van der Waals surface area (Å²) < 4.78 is 0. The molecule has 3 N–H and O–H groups in total. The number of aromatic nitrogens is 2. The van der Waals surface area contributed by atoms with Crippen LogP contribution in [0.5, 0.6) is 0 Å². The van der Waals surface area contributed by atoms with Crippen LogP contribution in [0.4, 0.5) is 4.79 Å². The first-order valence-electron chi connectivity index (χ1n) is 8.11. The smallest absolute Gasteiger partial charge is 0.314 e. The molecule has 24 heavy (non-hydrogen) atoms. The fraction of sp³-hybridized carbons (Fsp3) is 0.412. The van der Waals surface area contributed by atoms with E-state index in [-0.39, 0.29) is 11.9 Å². The number of nitrogens with two attached hydrogens (primary N) is 1. The molecule has 1 fully saturated rings. The van der Waals surface area contributed by atoms with Crippen LogP contribution in [0, 0.1) is 6.42 Å². The van der Waals surface area contributed by atoms with E-state index in [0.29, 0.717) is 19.5 Å². The van der Waals surface area contributed by atoms with Gasteiger partial charge < -0.3 is 15.5 Å². The van der Waals surface area contributed by atoms with Gasteiger partial charge in [0.25, 0.3) is 0 Å². The maximum absolute atomic E-state index is 12.3. The van der Waals surface area contributed by atoms with E-state index in [1.54, 1.807) is 24.6 Å². The van der Waals surface area contributed by atoms with Crippen molar-refractivity contribution in [3.8, 4) is 0 Å². The lowest BCUT2D eigenvalue weighted by Gasteiger charge is -2.36. The number of hydrogen-bond donors (Lipinski definition) is 2. The first-order chi connectivity index (χ1) is 11.5. The predicted molar refractivity (Wildman–Crippen MR) is 91.0 cm³/mol. The number of carbonyl (C=O) groups excluding carboxylic acids is 2. The number of piperidine rings is 1. The van der Waals surface area contributed by atoms with Gasteiger partial charge >= 0.3 is 6.03 Å². The zero-order valence-electron chi connectivity index (χ0n) is 13.7. The molecule has 2 aromatic rings. The van der Waals surface area contributed by atoms with E-state index in [0.717, 1.165) is 29.3 Å². The Morgan fingerprint density at radius 2 is 2.17 bits per heavy atom. The Morgan fingerprint density at radius 1 is 1.42 bits per heavy atom. The van der Waals surface area contributed by atoms with Crippen LogP contribution >= 0.6 is 0 Å². The molecule has 127 valence electrons. The quantitative estimate of drug-likeness (QED) is 0.886. The fourth-order valence-electron chi connectivity index (χ4n) is 3.11. The maximum Gasteiger partial charge on any atom is 0.314 e. The summed E-state index contributed by atoms with van der Waals surface area (Å²) in [5.41, 5.74) is 7.37. The number of aromatic amines is 1. The minimum absolute atomic E-state index is 0.0440. The minimum Gasteiger partial charge on any atom is -0.351 e. The minimum atomic E-state index is -0.416. The van der Waals surface area contributed by atoms with E-state index in [4.69, 9.17) is 5.73 Å². The molecule has 3 amide bonds. The standard InChI is InChI=1S/C17H22N5O2/c1-21(17(18)24)14-6-8-22(9-7-14)16(23)5-3-12-2-4-15-13(10-12)11-19-20-15/h2,4-5,10-11,14H,3,6-9H2,1H3,(H2,18,24)(H,19,20). The summed E-state index contributed by atoms with van der Waals surface area (Å²) in [4.78, 5) is 26.9. The molecule has 1 aliphatic heterocycles. The number of nitrogens with one attached hydrogen (secondary N) is 1. The second-order valence-corrected chi connectivity index (χ2v) is 6.21. The van der Waals surface area contributed by atoms with Crippen LogP contribution in [0.1, 0.15) is 18.4 Å². The highest BCUT2D eigenvalue weighted by Gasteiger charge is 2.26. The molecule has 0 spiro atoms. The van der Waals surface area contributed by atoms with E-state index >= 15 is 0 Å². The van der Waals surface area contributed by atoms with Gasteiger partial charge in [0.05, 0.1) is 18.1 Å². The highest BCUT2D eigenvalue weighted by molar-refractivity contribution is 5.85. The van der Waals surface area contributed by atoms with Gasteiger partial charge in [-0.3, -0.25) is 9.89 Å². The first kappa shape index (κ1) is 16.3. The van der Waals surface area contributed by atoms with Gasteiger partial charge in [-0.15, -0.1) is 0 Å². The summed E-state index contributed by atoms with van der Waals surface area (Å²) in [5, 5.41) is 7.95. The average molecular weight is 328 g/mol. The molecular weight excluding hydrogens is 306 g/mol. The highest BCUT2D eigenvalue weighted by atomic mass is 16.2. The van der Waals surface area contributed by atoms with E-state index in [9.17, 15) is 9.59 Å². The van der Waals surface area contributed by atoms with Gasteiger partial charge in [0.15, 0.2) is 0 Å². The zero-order valence-corrected chi connectivity index (χ0v) is 13.7. The predicted octanol–water partition coefficient (Wildman–Crippen LogP) is 1.31. The lowest BCUT2D eigenvalue weighted by molar-refractivity contribution is -0.128. The molecule has 0 atom stereocenters. The molecule has 1 radical (unpaired) electrons. The van der Waals surface area contributed by atoms with Gasteiger partial charge in [0.2, 0.25) is 5.91 Å². The van der Waals surface area contributed by atoms with Crippen molar-refractivity contribution in [2.45, 2.75) is 25.3 Å². The summed E-state index contributed by atoms with van der Waals surface area (Å²) >= 11 is 0. The highest BCUT2D eigenvalue weighted by Crippen LogP contribution is 2.17. The van der Waals surface area contributed by atoms with Crippen molar-refractivity contribution in [2.75, 3.05) is 20.1 Å². The number of primary amides is 1. The number of urea groups is 1. The normalized spacial score (nSPS) is 15.6. The Morgan fingerprint density at radius 3 is 2.88 bits per heavy atom. The van der Waals surface area contributed by atoms with E-state index in [2.05, 4.69) is 10.2 Å². The van der Waals surface area contributed by atoms with Crippen molar-refractivity contribution in [1.29, 1.82) is 0 Å². The number of nitrogens with zero attached hydrogens (tertiary/aromatic N) is 3. The first-order valence-corrected chi connectivity index (χ1v) is 8.11. The molecule has 0 aliphatic carbocycles. The lowest BCUT2D eigenvalue weighted by Crippen LogP contribution is -2.48. The largest absolute Gasteiger partial charge is 0.351 e. The number of amides is 3. The number of rotatable bonds is 4. The number of hydrogen-bond acceptors (Lipinski definition) is 3. The zero-order chi connectivity index (χ0) is 17.1. The molecule has 3 rings (SSSR count). The Kier molecular flexibility index (Phi) is 4.69. The van der Waals surface area contributed by atoms with E-state index in [1.165, 1.54) is 0 Å². The molecule has 1 aromatic carbocycles. The Hall–Kier alpha value is -2.57. The Balaban J connectivity index is 1.50. The van der Waals surface area contributed by atoms with Crippen molar-refractivity contribution in [3.63, 3.8) is 0 Å². The molecule has 0 saturated carbocycles. The molecule has 1 saturated heterocycles. The van der Waals surface area contributed by atoms with Gasteiger partial charge in [0, 0.05) is 31.6 Å². The van der Waals surface area contributed by atoms with Gasteiger partial charge in [-0.1, -0.05) is 6.07 Å². The number of H-pyrrole nitrogens is 1. The second-order valence-electron chi connectivity index (χ2n) is 6.21. The van der Waals surface area contributed by atoms with Crippen molar-refractivity contribution in [1.82, 2.24) is 20.0 Å². The summed E-state index contributed by atoms with van der Waals surface area (Å²) in [5.74, 6) is 0.0440. The fourth-order valence-corrected chi connectivity index (χ4v) is 3.11. The van der Waals surface area contributed by atoms with Crippen LogP contribution < -0.4 is 5.73 Å². The molecule has 0 unspecified atom stereocenters. The van der Waals surface area contributed by atoms with Crippen LogP contribution in [-0.2, 0) is 11.2 Å². The van der Waals surface area contributed by atoms with Crippen LogP contribution in [0.2, 0.25) is 0 Å². The third-order valence-corrected chi connectivity index (χ3v) is 4.69. The van der Waals surface area contributed by atoms with Crippen molar-refractivity contribution in [2.24, 2.45) is 5.73 Å². The number of carbonyl (C=O) groups is 2. The molecular formula is C17H22N5O2. The lowest BCUT2D eigenvalue weighted by atomic mass is 10.0. The van der Waals surface area contributed by atoms with Gasteiger partial charge in [-0.05, 0) is 37.0 Å². The SMILES string of the molecule is CN(C(N)=O)C1CCN(C(=O)[CH]Cc2ccc3[nH]ncc3c2)CC1. The average Bonchev–Trinajstić information content (AvgIpc) is 3.06. The maximum atomic E-state index is 12.3. The molecule has 7 heteroatoms. The molecule has 1 aliphatic rings. The number of benzene rings is 1. The van der Waals surface area contributed by atoms with Crippen molar-refractivity contribution < 1.29 is 9.59 Å². The third-order valence-electron chi connectivity index (χ3n) is 4.69. The Bertz CT molecular complexity index is 733. The summed E-state index contributed by atoms with van der Waals surface area (Å²) in [6.07, 6.45) is 5.63.